The second kappa shape index (κ2) is 16.2. The number of allylic oxidation sites excluding steroid dienone is 2. The first-order chi connectivity index (χ1) is 10.7. The molecule has 0 bridgehead atoms. The fraction of sp³-hybridized carbons (Fsp3) is 0.722. The van der Waals surface area contributed by atoms with Crippen molar-refractivity contribution in [1.82, 2.24) is 0 Å². The lowest BCUT2D eigenvalue weighted by molar-refractivity contribution is -0.264. The molecule has 0 fully saturated rings. The molecule has 0 aliphatic rings. The van der Waals surface area contributed by atoms with Gasteiger partial charge in [-0.15, -0.1) is 0 Å². The van der Waals surface area contributed by atoms with Crippen LogP contribution in [-0.4, -0.2) is 22.4 Å². The first kappa shape index (κ1) is 20.9. The number of carbonyl (C=O) groups is 1. The summed E-state index contributed by atoms with van der Waals surface area (Å²) in [6.07, 6.45) is 18.4. The van der Waals surface area contributed by atoms with Crippen LogP contribution in [0.1, 0.15) is 77.6 Å². The Balaban J connectivity index is 3.51. The Morgan fingerprint density at radius 2 is 1.68 bits per heavy atom. The quantitative estimate of drug-likeness (QED) is 0.185. The molecule has 0 radical (unpaired) electrons. The molecule has 4 nitrogen and oxygen atoms in total. The van der Waals surface area contributed by atoms with Crippen LogP contribution in [0, 0.1) is 0 Å². The van der Waals surface area contributed by atoms with Crippen molar-refractivity contribution >= 4 is 5.97 Å². The molecule has 2 N–H and O–H groups in total. The van der Waals surface area contributed by atoms with E-state index in [4.69, 9.17) is 10.4 Å². The van der Waals surface area contributed by atoms with E-state index in [0.29, 0.717) is 6.42 Å². The van der Waals surface area contributed by atoms with Crippen molar-refractivity contribution in [3.63, 3.8) is 0 Å². The summed E-state index contributed by atoms with van der Waals surface area (Å²) in [7, 11) is 0. The molecule has 0 spiro atoms. The molecule has 0 aliphatic carbocycles. The Bertz CT molecular complexity index is 310. The summed E-state index contributed by atoms with van der Waals surface area (Å²) in [5.41, 5.74) is 0. The van der Waals surface area contributed by atoms with Crippen LogP contribution in [-0.2, 0) is 9.68 Å². The van der Waals surface area contributed by atoms with Gasteiger partial charge in [0.25, 0.3) is 0 Å². The third-order valence-electron chi connectivity index (χ3n) is 3.51. The van der Waals surface area contributed by atoms with Crippen LogP contribution in [0.5, 0.6) is 0 Å². The van der Waals surface area contributed by atoms with Crippen molar-refractivity contribution in [3.05, 3.63) is 24.3 Å². The Hall–Kier alpha value is -1.13. The third kappa shape index (κ3) is 15.3. The van der Waals surface area contributed by atoms with Crippen LogP contribution in [0.3, 0.4) is 0 Å². The number of aliphatic carboxylic acids is 1. The summed E-state index contributed by atoms with van der Waals surface area (Å²) in [5, 5.41) is 17.3. The SMILES string of the molecule is CCCC/C=C/C(C/C=C\CCCCCCCC(=O)O)OO. The van der Waals surface area contributed by atoms with Gasteiger partial charge in [0.15, 0.2) is 0 Å². The van der Waals surface area contributed by atoms with E-state index in [-0.39, 0.29) is 12.5 Å². The first-order valence-electron chi connectivity index (χ1n) is 8.54. The normalized spacial score (nSPS) is 13.2. The number of unbranched alkanes of at least 4 members (excludes halogenated alkanes) is 7. The van der Waals surface area contributed by atoms with Gasteiger partial charge in [-0.2, -0.15) is 0 Å². The average molecular weight is 312 g/mol. The van der Waals surface area contributed by atoms with Gasteiger partial charge in [-0.3, -0.25) is 10.1 Å². The summed E-state index contributed by atoms with van der Waals surface area (Å²) >= 11 is 0. The zero-order valence-corrected chi connectivity index (χ0v) is 13.9. The van der Waals surface area contributed by atoms with Crippen LogP contribution in [0.4, 0.5) is 0 Å². The largest absolute Gasteiger partial charge is 0.481 e. The van der Waals surface area contributed by atoms with E-state index in [0.717, 1.165) is 51.4 Å². The van der Waals surface area contributed by atoms with Crippen LogP contribution < -0.4 is 0 Å². The predicted octanol–water partition coefficient (Wildman–Crippen LogP) is 5.35. The van der Waals surface area contributed by atoms with Gasteiger partial charge in [0.2, 0.25) is 0 Å². The third-order valence-corrected chi connectivity index (χ3v) is 3.51. The highest BCUT2D eigenvalue weighted by atomic mass is 17.1. The molecular weight excluding hydrogens is 280 g/mol. The summed E-state index contributed by atoms with van der Waals surface area (Å²) in [6.45, 7) is 2.16. The minimum absolute atomic E-state index is 0.246. The van der Waals surface area contributed by atoms with Crippen molar-refractivity contribution in [2.24, 2.45) is 0 Å². The minimum atomic E-state index is -0.702. The molecule has 0 aliphatic heterocycles. The van der Waals surface area contributed by atoms with Gasteiger partial charge >= 0.3 is 5.97 Å². The standard InChI is InChI=1S/C18H32O4/c1-2-3-4-11-14-17(22-21)15-12-9-7-5-6-8-10-13-16-18(19)20/h9,11-12,14,17,21H,2-8,10,13,15-16H2,1H3,(H,19,20)/b12-9-,14-11+. The number of hydrogen-bond donors (Lipinski definition) is 2. The molecule has 0 aromatic rings. The highest BCUT2D eigenvalue weighted by Gasteiger charge is 2.00. The Morgan fingerprint density at radius 3 is 2.36 bits per heavy atom. The van der Waals surface area contributed by atoms with Crippen LogP contribution in [0.15, 0.2) is 24.3 Å². The van der Waals surface area contributed by atoms with Crippen molar-refractivity contribution in [2.75, 3.05) is 0 Å². The lowest BCUT2D eigenvalue weighted by atomic mass is 10.1. The molecule has 22 heavy (non-hydrogen) atoms. The Morgan fingerprint density at radius 1 is 1.00 bits per heavy atom. The van der Waals surface area contributed by atoms with Crippen molar-refractivity contribution in [2.45, 2.75) is 83.7 Å². The first-order valence-corrected chi connectivity index (χ1v) is 8.54. The molecule has 1 unspecified atom stereocenters. The summed E-state index contributed by atoms with van der Waals surface area (Å²) in [5.74, 6) is -0.702. The second-order valence-electron chi connectivity index (χ2n) is 5.62. The van der Waals surface area contributed by atoms with Gasteiger partial charge in [-0.05, 0) is 32.1 Å². The smallest absolute Gasteiger partial charge is 0.303 e. The van der Waals surface area contributed by atoms with E-state index in [1.807, 2.05) is 6.08 Å². The zero-order valence-electron chi connectivity index (χ0n) is 13.9. The monoisotopic (exact) mass is 312 g/mol. The van der Waals surface area contributed by atoms with E-state index in [1.54, 1.807) is 0 Å². The van der Waals surface area contributed by atoms with Gasteiger partial charge in [-0.25, -0.2) is 4.89 Å². The van der Waals surface area contributed by atoms with Gasteiger partial charge in [0, 0.05) is 6.42 Å². The fourth-order valence-corrected chi connectivity index (χ4v) is 2.14. The zero-order chi connectivity index (χ0) is 16.5. The molecule has 0 saturated carbocycles. The predicted molar refractivity (Wildman–Crippen MR) is 89.9 cm³/mol. The summed E-state index contributed by atoms with van der Waals surface area (Å²) < 4.78 is 0. The highest BCUT2D eigenvalue weighted by molar-refractivity contribution is 5.66. The van der Waals surface area contributed by atoms with Crippen molar-refractivity contribution < 1.29 is 20.0 Å². The van der Waals surface area contributed by atoms with Crippen molar-refractivity contribution in [3.8, 4) is 0 Å². The maximum Gasteiger partial charge on any atom is 0.303 e. The molecule has 0 heterocycles. The lowest BCUT2D eigenvalue weighted by Crippen LogP contribution is -2.05. The van der Waals surface area contributed by atoms with E-state index in [9.17, 15) is 4.79 Å². The highest BCUT2D eigenvalue weighted by Crippen LogP contribution is 2.09. The van der Waals surface area contributed by atoms with Gasteiger partial charge in [0.1, 0.15) is 6.10 Å². The van der Waals surface area contributed by atoms with E-state index < -0.39 is 5.97 Å². The number of carboxylic acids is 1. The maximum absolute atomic E-state index is 10.3. The minimum Gasteiger partial charge on any atom is -0.481 e. The van der Waals surface area contributed by atoms with Crippen LogP contribution in [0.25, 0.3) is 0 Å². The van der Waals surface area contributed by atoms with Crippen molar-refractivity contribution in [1.29, 1.82) is 0 Å². The fourth-order valence-electron chi connectivity index (χ4n) is 2.14. The number of carboxylic acid groups (broad SMARTS) is 1. The molecule has 0 aromatic carbocycles. The van der Waals surface area contributed by atoms with E-state index in [1.165, 1.54) is 6.42 Å². The molecule has 0 rings (SSSR count). The van der Waals surface area contributed by atoms with Crippen LogP contribution in [0.2, 0.25) is 0 Å². The molecule has 1 atom stereocenters. The summed E-state index contributed by atoms with van der Waals surface area (Å²) in [4.78, 5) is 14.8. The Labute approximate surface area is 134 Å². The summed E-state index contributed by atoms with van der Waals surface area (Å²) in [6, 6.07) is 0. The second-order valence-corrected chi connectivity index (χ2v) is 5.62. The number of rotatable bonds is 15. The molecule has 0 amide bonds. The lowest BCUT2D eigenvalue weighted by Gasteiger charge is -2.05. The van der Waals surface area contributed by atoms with Gasteiger partial charge in [-0.1, -0.05) is 63.3 Å². The molecule has 0 saturated heterocycles. The van der Waals surface area contributed by atoms with E-state index in [2.05, 4.69) is 30.0 Å². The maximum atomic E-state index is 10.3. The average Bonchev–Trinajstić information content (AvgIpc) is 2.50. The van der Waals surface area contributed by atoms with Crippen LogP contribution >= 0.6 is 0 Å². The van der Waals surface area contributed by atoms with E-state index >= 15 is 0 Å². The molecular formula is C18H32O4. The molecule has 128 valence electrons. The molecule has 0 aromatic heterocycles. The topological polar surface area (TPSA) is 66.8 Å². The van der Waals surface area contributed by atoms with Gasteiger partial charge < -0.3 is 5.11 Å². The number of hydrogen-bond acceptors (Lipinski definition) is 3. The van der Waals surface area contributed by atoms with Gasteiger partial charge in [0.05, 0.1) is 0 Å². The Kier molecular flexibility index (Phi) is 15.4. The molecule has 4 heteroatoms.